The molecular formula is C19H31NO. The van der Waals surface area contributed by atoms with Crippen LogP contribution < -0.4 is 0 Å². The van der Waals surface area contributed by atoms with Crippen molar-refractivity contribution in [1.29, 1.82) is 0 Å². The number of fused-ring (bicyclic) bond motifs is 2. The lowest BCUT2D eigenvalue weighted by Gasteiger charge is -2.36. The Hall–Kier alpha value is -1.05. The molecule has 0 spiro atoms. The fraction of sp³-hybridized carbons (Fsp3) is 0.737. The van der Waals surface area contributed by atoms with Crippen LogP contribution in [0.3, 0.4) is 0 Å². The summed E-state index contributed by atoms with van der Waals surface area (Å²) in [5, 5.41) is 0. The highest BCUT2D eigenvalue weighted by molar-refractivity contribution is 5.81. The molecule has 2 aliphatic carbocycles. The van der Waals surface area contributed by atoms with Gasteiger partial charge in [-0.3, -0.25) is 4.79 Å². The Morgan fingerprint density at radius 1 is 1.33 bits per heavy atom. The average molecular weight is 289 g/mol. The summed E-state index contributed by atoms with van der Waals surface area (Å²) in [4.78, 5) is 15.3. The maximum absolute atomic E-state index is 13.1. The van der Waals surface area contributed by atoms with E-state index in [1.54, 1.807) is 0 Å². The Kier molecular flexibility index (Phi) is 4.95. The van der Waals surface area contributed by atoms with Gasteiger partial charge in [-0.2, -0.15) is 0 Å². The molecule has 21 heavy (non-hydrogen) atoms. The molecule has 118 valence electrons. The van der Waals surface area contributed by atoms with Crippen molar-refractivity contribution in [3.05, 3.63) is 24.8 Å². The van der Waals surface area contributed by atoms with Gasteiger partial charge >= 0.3 is 0 Å². The Morgan fingerprint density at radius 3 is 2.43 bits per heavy atom. The molecule has 1 amide bonds. The number of carbonyl (C=O) groups is 1. The van der Waals surface area contributed by atoms with Crippen LogP contribution in [-0.2, 0) is 4.79 Å². The fourth-order valence-electron chi connectivity index (χ4n) is 4.18. The number of allylic oxidation sites excluding steroid dienone is 3. The topological polar surface area (TPSA) is 20.3 Å². The van der Waals surface area contributed by atoms with Crippen molar-refractivity contribution in [2.24, 2.45) is 29.1 Å². The van der Waals surface area contributed by atoms with Crippen molar-refractivity contribution in [3.63, 3.8) is 0 Å². The lowest BCUT2D eigenvalue weighted by molar-refractivity contribution is -0.139. The minimum absolute atomic E-state index is 0.0652. The first kappa shape index (κ1) is 16.3. The van der Waals surface area contributed by atoms with Crippen molar-refractivity contribution >= 4 is 5.91 Å². The van der Waals surface area contributed by atoms with Crippen LogP contribution in [0.4, 0.5) is 0 Å². The van der Waals surface area contributed by atoms with Gasteiger partial charge in [0.05, 0.1) is 0 Å². The smallest absolute Gasteiger partial charge is 0.226 e. The normalized spacial score (nSPS) is 30.4. The summed E-state index contributed by atoms with van der Waals surface area (Å²) < 4.78 is 0. The third-order valence-corrected chi connectivity index (χ3v) is 4.88. The van der Waals surface area contributed by atoms with Crippen LogP contribution in [0.25, 0.3) is 0 Å². The molecule has 2 nitrogen and oxygen atoms in total. The van der Waals surface area contributed by atoms with Gasteiger partial charge in [0.25, 0.3) is 0 Å². The van der Waals surface area contributed by atoms with E-state index in [2.05, 4.69) is 51.3 Å². The molecule has 2 rings (SSSR count). The summed E-state index contributed by atoms with van der Waals surface area (Å²) in [5.41, 5.74) is 0.0652. The standard InChI is InChI=1S/C19H31NO/c1-6-8-19-9-7-16(11-19)10-17(19)18(21)20(12-14(2)3)13-15(4)5/h6-7,9,14-17H,1,8,10-13H2,2-5H3. The molecule has 0 aromatic carbocycles. The van der Waals surface area contributed by atoms with E-state index < -0.39 is 0 Å². The second-order valence-corrected chi connectivity index (χ2v) is 7.87. The SMILES string of the molecule is C=CCC12C=CC(CC1C(=O)N(CC(C)C)CC(C)C)C2. The van der Waals surface area contributed by atoms with E-state index in [4.69, 9.17) is 0 Å². The van der Waals surface area contributed by atoms with Gasteiger partial charge in [0.15, 0.2) is 0 Å². The van der Waals surface area contributed by atoms with Crippen LogP contribution in [0, 0.1) is 29.1 Å². The lowest BCUT2D eigenvalue weighted by Crippen LogP contribution is -2.44. The van der Waals surface area contributed by atoms with Gasteiger partial charge < -0.3 is 4.90 Å². The summed E-state index contributed by atoms with van der Waals surface area (Å²) in [6.45, 7) is 14.5. The number of amides is 1. The van der Waals surface area contributed by atoms with E-state index in [1.165, 1.54) is 0 Å². The molecule has 0 aromatic heterocycles. The zero-order chi connectivity index (χ0) is 15.6. The maximum Gasteiger partial charge on any atom is 0.226 e. The Morgan fingerprint density at radius 2 is 1.95 bits per heavy atom. The first-order chi connectivity index (χ1) is 9.88. The van der Waals surface area contributed by atoms with Crippen molar-refractivity contribution in [2.45, 2.75) is 47.0 Å². The van der Waals surface area contributed by atoms with Crippen LogP contribution in [0.15, 0.2) is 24.8 Å². The van der Waals surface area contributed by atoms with Crippen molar-refractivity contribution in [2.75, 3.05) is 13.1 Å². The third kappa shape index (κ3) is 3.41. The van der Waals surface area contributed by atoms with Gasteiger partial charge in [0.1, 0.15) is 0 Å². The van der Waals surface area contributed by atoms with E-state index in [0.717, 1.165) is 32.4 Å². The van der Waals surface area contributed by atoms with Crippen LogP contribution in [-0.4, -0.2) is 23.9 Å². The highest BCUT2D eigenvalue weighted by Gasteiger charge is 2.51. The summed E-state index contributed by atoms with van der Waals surface area (Å²) in [7, 11) is 0. The number of hydrogen-bond donors (Lipinski definition) is 0. The summed E-state index contributed by atoms with van der Waals surface area (Å²) in [5.74, 6) is 2.21. The Bertz CT molecular complexity index is 413. The molecule has 2 aliphatic rings. The molecule has 0 aliphatic heterocycles. The molecular weight excluding hydrogens is 258 g/mol. The van der Waals surface area contributed by atoms with E-state index in [-0.39, 0.29) is 11.3 Å². The number of rotatable bonds is 7. The zero-order valence-corrected chi connectivity index (χ0v) is 14.1. The molecule has 0 heterocycles. The number of nitrogens with zero attached hydrogens (tertiary/aromatic N) is 1. The van der Waals surface area contributed by atoms with Crippen LogP contribution in [0.1, 0.15) is 47.0 Å². The molecule has 2 heteroatoms. The van der Waals surface area contributed by atoms with Gasteiger partial charge in [-0.1, -0.05) is 45.9 Å². The quantitative estimate of drug-likeness (QED) is 0.640. The minimum Gasteiger partial charge on any atom is -0.342 e. The summed E-state index contributed by atoms with van der Waals surface area (Å²) in [6.07, 6.45) is 9.75. The predicted molar refractivity (Wildman–Crippen MR) is 88.9 cm³/mol. The van der Waals surface area contributed by atoms with E-state index in [9.17, 15) is 4.79 Å². The lowest BCUT2D eigenvalue weighted by atomic mass is 9.74. The summed E-state index contributed by atoms with van der Waals surface area (Å²) in [6, 6.07) is 0. The molecule has 1 fully saturated rings. The Labute approximate surface area is 130 Å². The molecule has 2 bridgehead atoms. The number of carbonyl (C=O) groups excluding carboxylic acids is 1. The highest BCUT2D eigenvalue weighted by atomic mass is 16.2. The average Bonchev–Trinajstić information content (AvgIpc) is 2.93. The molecule has 0 aromatic rings. The van der Waals surface area contributed by atoms with E-state index in [0.29, 0.717) is 23.7 Å². The maximum atomic E-state index is 13.1. The van der Waals surface area contributed by atoms with Gasteiger partial charge in [-0.05, 0) is 37.0 Å². The van der Waals surface area contributed by atoms with Gasteiger partial charge in [-0.15, -0.1) is 6.58 Å². The molecule has 3 atom stereocenters. The van der Waals surface area contributed by atoms with E-state index >= 15 is 0 Å². The van der Waals surface area contributed by atoms with Gasteiger partial charge in [-0.25, -0.2) is 0 Å². The van der Waals surface area contributed by atoms with Crippen LogP contribution >= 0.6 is 0 Å². The third-order valence-electron chi connectivity index (χ3n) is 4.88. The molecule has 0 N–H and O–H groups in total. The second kappa shape index (κ2) is 6.37. The van der Waals surface area contributed by atoms with Gasteiger partial charge in [0, 0.05) is 24.4 Å². The Balaban J connectivity index is 2.16. The zero-order valence-electron chi connectivity index (χ0n) is 14.1. The molecule has 0 saturated heterocycles. The van der Waals surface area contributed by atoms with Crippen LogP contribution in [0.5, 0.6) is 0 Å². The monoisotopic (exact) mass is 289 g/mol. The first-order valence-electron chi connectivity index (χ1n) is 8.47. The summed E-state index contributed by atoms with van der Waals surface area (Å²) >= 11 is 0. The molecule has 0 radical (unpaired) electrons. The minimum atomic E-state index is 0.0652. The van der Waals surface area contributed by atoms with Gasteiger partial charge in [0.2, 0.25) is 5.91 Å². The highest BCUT2D eigenvalue weighted by Crippen LogP contribution is 2.56. The molecule has 3 unspecified atom stereocenters. The van der Waals surface area contributed by atoms with Crippen molar-refractivity contribution in [1.82, 2.24) is 4.90 Å². The predicted octanol–water partition coefficient (Wildman–Crippen LogP) is 4.29. The second-order valence-electron chi connectivity index (χ2n) is 7.87. The first-order valence-corrected chi connectivity index (χ1v) is 8.47. The van der Waals surface area contributed by atoms with Crippen molar-refractivity contribution < 1.29 is 4.79 Å². The van der Waals surface area contributed by atoms with E-state index in [1.807, 2.05) is 6.08 Å². The largest absolute Gasteiger partial charge is 0.342 e. The fourth-order valence-corrected chi connectivity index (χ4v) is 4.18. The molecule has 1 saturated carbocycles. The van der Waals surface area contributed by atoms with Crippen molar-refractivity contribution in [3.8, 4) is 0 Å². The number of hydrogen-bond acceptors (Lipinski definition) is 1. The van der Waals surface area contributed by atoms with Crippen LogP contribution in [0.2, 0.25) is 0 Å².